The highest BCUT2D eigenvalue weighted by Crippen LogP contribution is 2.49. The molecule has 1 saturated carbocycles. The van der Waals surface area contributed by atoms with Gasteiger partial charge >= 0.3 is 0 Å². The van der Waals surface area contributed by atoms with Crippen LogP contribution in [0.2, 0.25) is 0 Å². The Labute approximate surface area is 250 Å². The number of hydrogen-bond donors (Lipinski definition) is 0. The molecular weight excluding hydrogens is 615 g/mol. The molecule has 2 atom stereocenters. The van der Waals surface area contributed by atoms with Gasteiger partial charge in [-0.25, -0.2) is 0 Å². The predicted molar refractivity (Wildman–Crippen MR) is 160 cm³/mol. The van der Waals surface area contributed by atoms with Gasteiger partial charge < -0.3 is 24.0 Å². The number of ketones is 2. The summed E-state index contributed by atoms with van der Waals surface area (Å²) in [6.45, 7) is 0. The van der Waals surface area contributed by atoms with Gasteiger partial charge in [0, 0.05) is 17.0 Å². The van der Waals surface area contributed by atoms with Gasteiger partial charge in [-0.1, -0.05) is 127 Å². The van der Waals surface area contributed by atoms with Crippen molar-refractivity contribution in [3.63, 3.8) is 0 Å². The fraction of sp³-hybridized carbons (Fsp3) is 0.176. The van der Waals surface area contributed by atoms with Crippen molar-refractivity contribution in [2.24, 2.45) is 5.92 Å². The molecule has 0 aliphatic heterocycles. The Bertz CT molecular complexity index is 1360. The molecule has 0 bridgehead atoms. The van der Waals surface area contributed by atoms with Crippen LogP contribution in [-0.2, 0) is 14.1 Å². The smallest absolute Gasteiger partial charge is 0.185 e. The summed E-state index contributed by atoms with van der Waals surface area (Å²) in [5.74, 6) is 0.951. The Morgan fingerprint density at radius 1 is 0.667 bits per heavy atom. The standard InChI is InChI=1S/C16H14O.C15H12O.C3H9OS.HI/c17-16(13-9-5-2-6-10-13)15-11-14(15)12-7-3-1-4-8-12;16-15(14-9-5-2-6-10-14)12-11-13-7-3-1-4-8-13;1-5(2,3)4;/h1-10,14-15H,11H2;1-12H;1-3H3;1H/q;;+1;/p-1/b;12-11+;;. The Balaban J connectivity index is 0.000000229. The van der Waals surface area contributed by atoms with E-state index in [9.17, 15) is 13.8 Å². The molecule has 0 radical (unpaired) electrons. The van der Waals surface area contributed by atoms with Crippen LogP contribution in [0.3, 0.4) is 0 Å². The van der Waals surface area contributed by atoms with E-state index in [0.717, 1.165) is 23.1 Å². The van der Waals surface area contributed by atoms with Gasteiger partial charge in [0.25, 0.3) is 0 Å². The molecule has 2 unspecified atom stereocenters. The van der Waals surface area contributed by atoms with Crippen molar-refractivity contribution in [1.29, 1.82) is 0 Å². The monoisotopic (exact) mass is 650 g/mol. The van der Waals surface area contributed by atoms with Crippen molar-refractivity contribution in [1.82, 2.24) is 0 Å². The molecule has 0 aromatic heterocycles. The van der Waals surface area contributed by atoms with E-state index in [4.69, 9.17) is 0 Å². The first kappa shape index (κ1) is 32.1. The van der Waals surface area contributed by atoms with Crippen LogP contribution in [0.15, 0.2) is 127 Å². The van der Waals surface area contributed by atoms with E-state index in [0.29, 0.717) is 11.7 Å². The molecule has 4 aromatic rings. The molecular formula is C34H35IO3S. The summed E-state index contributed by atoms with van der Waals surface area (Å²) >= 11 is 0. The van der Waals surface area contributed by atoms with Gasteiger partial charge in [-0.15, -0.1) is 4.21 Å². The molecule has 202 valence electrons. The molecule has 3 nitrogen and oxygen atoms in total. The van der Waals surface area contributed by atoms with Gasteiger partial charge in [0.1, 0.15) is 18.8 Å². The zero-order chi connectivity index (χ0) is 27.4. The number of allylic oxidation sites excluding steroid dienone is 1. The van der Waals surface area contributed by atoms with Crippen molar-refractivity contribution in [3.8, 4) is 0 Å². The van der Waals surface area contributed by atoms with E-state index in [-0.39, 0.29) is 35.7 Å². The molecule has 0 saturated heterocycles. The molecule has 0 N–H and O–H groups in total. The molecule has 1 aliphatic carbocycles. The van der Waals surface area contributed by atoms with Crippen LogP contribution in [0, 0.1) is 5.92 Å². The topological polar surface area (TPSA) is 51.2 Å². The van der Waals surface area contributed by atoms with Gasteiger partial charge in [0.15, 0.2) is 11.6 Å². The van der Waals surface area contributed by atoms with Crippen molar-refractivity contribution in [2.75, 3.05) is 18.8 Å². The summed E-state index contributed by atoms with van der Waals surface area (Å²) in [4.78, 5) is 23.9. The highest BCUT2D eigenvalue weighted by atomic mass is 127. The second-order valence-electron chi connectivity index (χ2n) is 9.79. The number of benzene rings is 4. The number of carbonyl (C=O) groups excluding carboxylic acids is 2. The van der Waals surface area contributed by atoms with Gasteiger partial charge in [0.05, 0.1) is 9.93 Å². The highest BCUT2D eigenvalue weighted by molar-refractivity contribution is 8.00. The zero-order valence-electron chi connectivity index (χ0n) is 22.6. The quantitative estimate of drug-likeness (QED) is 0.132. The predicted octanol–water partition coefficient (Wildman–Crippen LogP) is 4.64. The maximum atomic E-state index is 12.2. The van der Waals surface area contributed by atoms with Crippen LogP contribution in [0.1, 0.15) is 44.2 Å². The molecule has 0 heterocycles. The summed E-state index contributed by atoms with van der Waals surface area (Å²) in [5.41, 5.74) is 3.89. The first-order valence-electron chi connectivity index (χ1n) is 12.6. The van der Waals surface area contributed by atoms with E-state index in [2.05, 4.69) is 12.1 Å². The van der Waals surface area contributed by atoms with Crippen molar-refractivity contribution < 1.29 is 37.8 Å². The fourth-order valence-corrected chi connectivity index (χ4v) is 3.80. The Morgan fingerprint density at radius 3 is 1.56 bits per heavy atom. The first-order chi connectivity index (χ1) is 18.2. The normalized spacial score (nSPS) is 15.5. The second-order valence-corrected chi connectivity index (χ2v) is 13.2. The fourth-order valence-electron chi connectivity index (χ4n) is 3.80. The Kier molecular flexibility index (Phi) is 13.2. The summed E-state index contributed by atoms with van der Waals surface area (Å²) in [5, 5.41) is 0. The van der Waals surface area contributed by atoms with E-state index in [1.54, 1.807) is 24.8 Å². The Hall–Kier alpha value is -3.16. The third-order valence-electron chi connectivity index (χ3n) is 5.70. The Morgan fingerprint density at radius 2 is 1.08 bits per heavy atom. The van der Waals surface area contributed by atoms with Crippen LogP contribution >= 0.6 is 0 Å². The lowest BCUT2D eigenvalue weighted by molar-refractivity contribution is -0.0000241. The van der Waals surface area contributed by atoms with Gasteiger partial charge in [-0.2, -0.15) is 0 Å². The average molecular weight is 651 g/mol. The summed E-state index contributed by atoms with van der Waals surface area (Å²) < 4.78 is 10.2. The van der Waals surface area contributed by atoms with Crippen LogP contribution < -0.4 is 24.0 Å². The molecule has 0 amide bonds. The summed E-state index contributed by atoms with van der Waals surface area (Å²) in [6.07, 6.45) is 9.57. The minimum atomic E-state index is -1.42. The van der Waals surface area contributed by atoms with Crippen LogP contribution in [0.4, 0.5) is 0 Å². The lowest BCUT2D eigenvalue weighted by Crippen LogP contribution is -3.00. The van der Waals surface area contributed by atoms with Crippen LogP contribution in [0.25, 0.3) is 6.08 Å². The van der Waals surface area contributed by atoms with Crippen LogP contribution in [-0.4, -0.2) is 30.3 Å². The van der Waals surface area contributed by atoms with Crippen molar-refractivity contribution in [2.45, 2.75) is 12.3 Å². The number of rotatable bonds is 6. The lowest BCUT2D eigenvalue weighted by atomic mass is 10.0. The van der Waals surface area contributed by atoms with Crippen LogP contribution in [0.5, 0.6) is 0 Å². The molecule has 1 fully saturated rings. The highest BCUT2D eigenvalue weighted by Gasteiger charge is 2.43. The van der Waals surface area contributed by atoms with Gasteiger partial charge in [0.2, 0.25) is 0 Å². The van der Waals surface area contributed by atoms with E-state index < -0.39 is 9.93 Å². The van der Waals surface area contributed by atoms with Crippen molar-refractivity contribution in [3.05, 3.63) is 150 Å². The zero-order valence-corrected chi connectivity index (χ0v) is 25.5. The second kappa shape index (κ2) is 16.1. The number of halogens is 1. The van der Waals surface area contributed by atoms with E-state index >= 15 is 0 Å². The van der Waals surface area contributed by atoms with Gasteiger partial charge in [-0.3, -0.25) is 9.59 Å². The molecule has 39 heavy (non-hydrogen) atoms. The lowest BCUT2D eigenvalue weighted by Gasteiger charge is -2.00. The molecule has 5 heteroatoms. The number of hydrogen-bond acceptors (Lipinski definition) is 3. The average Bonchev–Trinajstić information content (AvgIpc) is 3.74. The minimum absolute atomic E-state index is 0. The molecule has 4 aromatic carbocycles. The molecule has 5 rings (SSSR count). The van der Waals surface area contributed by atoms with E-state index in [1.807, 2.05) is 115 Å². The maximum absolute atomic E-state index is 12.2. The molecule has 0 spiro atoms. The number of Topliss-reactive ketones (excluding diaryl/α,β-unsaturated/α-hetero) is 1. The van der Waals surface area contributed by atoms with Crippen molar-refractivity contribution >= 4 is 27.6 Å². The minimum Gasteiger partial charge on any atom is -1.00 e. The summed E-state index contributed by atoms with van der Waals surface area (Å²) in [6, 6.07) is 39.0. The number of carbonyl (C=O) groups is 2. The third kappa shape index (κ3) is 12.1. The van der Waals surface area contributed by atoms with Gasteiger partial charge in [-0.05, 0) is 29.5 Å². The largest absolute Gasteiger partial charge is 1.00 e. The maximum Gasteiger partial charge on any atom is 0.185 e. The SMILES string of the molecule is C[S+](C)(C)=O.O=C(/C=C/c1ccccc1)c1ccccc1.O=C(c1ccccc1)C1CC1c1ccccc1.[I-]. The third-order valence-corrected chi connectivity index (χ3v) is 5.70. The summed E-state index contributed by atoms with van der Waals surface area (Å²) in [7, 11) is -1.42. The van der Waals surface area contributed by atoms with E-state index in [1.165, 1.54) is 5.56 Å². The molecule has 1 aliphatic rings. The first-order valence-corrected chi connectivity index (χ1v) is 15.4.